The summed E-state index contributed by atoms with van der Waals surface area (Å²) in [6.07, 6.45) is 1.36. The number of nitrogens with one attached hydrogen (secondary N) is 2. The lowest BCUT2D eigenvalue weighted by Crippen LogP contribution is -2.39. The molecule has 2 heterocycles. The van der Waals surface area contributed by atoms with E-state index in [1.165, 1.54) is 13.3 Å². The van der Waals surface area contributed by atoms with Crippen molar-refractivity contribution in [2.75, 3.05) is 50.0 Å². The minimum absolute atomic E-state index is 0.0557. The van der Waals surface area contributed by atoms with Crippen LogP contribution in [0.5, 0.6) is 0 Å². The number of carbonyl (C=O) groups is 2. The summed E-state index contributed by atoms with van der Waals surface area (Å²) in [7, 11) is 0. The predicted octanol–water partition coefficient (Wildman–Crippen LogP) is 1.68. The third kappa shape index (κ3) is 5.57. The van der Waals surface area contributed by atoms with Gasteiger partial charge in [0, 0.05) is 43.5 Å². The number of amides is 1. The molecule has 0 radical (unpaired) electrons. The minimum Gasteiger partial charge on any atom is -0.379 e. The maximum Gasteiger partial charge on any atom is 0.274 e. The molecule has 1 saturated heterocycles. The van der Waals surface area contributed by atoms with Crippen LogP contribution in [0.1, 0.15) is 27.8 Å². The second-order valence-corrected chi connectivity index (χ2v) is 6.26. The van der Waals surface area contributed by atoms with Gasteiger partial charge in [-0.3, -0.25) is 14.5 Å². The van der Waals surface area contributed by atoms with Crippen LogP contribution in [0.2, 0.25) is 0 Å². The van der Waals surface area contributed by atoms with Crippen LogP contribution in [0.15, 0.2) is 36.7 Å². The van der Waals surface area contributed by atoms with Gasteiger partial charge in [0.2, 0.25) is 0 Å². The molecule has 0 bridgehead atoms. The van der Waals surface area contributed by atoms with Crippen LogP contribution in [0.25, 0.3) is 0 Å². The van der Waals surface area contributed by atoms with Crippen molar-refractivity contribution in [3.05, 3.63) is 47.9 Å². The largest absolute Gasteiger partial charge is 0.379 e. The molecular weight excluding hydrogens is 346 g/mol. The first-order valence-corrected chi connectivity index (χ1v) is 8.90. The zero-order valence-electron chi connectivity index (χ0n) is 15.3. The van der Waals surface area contributed by atoms with Gasteiger partial charge in [0.1, 0.15) is 17.8 Å². The first kappa shape index (κ1) is 18.9. The van der Waals surface area contributed by atoms with E-state index in [1.807, 2.05) is 0 Å². The Labute approximate surface area is 158 Å². The van der Waals surface area contributed by atoms with Gasteiger partial charge in [0.05, 0.1) is 13.2 Å². The van der Waals surface area contributed by atoms with Gasteiger partial charge in [0.25, 0.3) is 5.91 Å². The molecular formula is C19H23N5O3. The average molecular weight is 369 g/mol. The summed E-state index contributed by atoms with van der Waals surface area (Å²) >= 11 is 0. The molecule has 142 valence electrons. The van der Waals surface area contributed by atoms with E-state index in [2.05, 4.69) is 25.5 Å². The number of aromatic nitrogens is 2. The fourth-order valence-electron chi connectivity index (χ4n) is 2.76. The molecule has 1 aliphatic heterocycles. The summed E-state index contributed by atoms with van der Waals surface area (Å²) in [6, 6.07) is 8.42. The van der Waals surface area contributed by atoms with Gasteiger partial charge in [0.15, 0.2) is 5.78 Å². The number of ether oxygens (including phenoxy) is 1. The zero-order chi connectivity index (χ0) is 19.1. The molecule has 1 aromatic carbocycles. The van der Waals surface area contributed by atoms with E-state index >= 15 is 0 Å². The Hall–Kier alpha value is -2.84. The van der Waals surface area contributed by atoms with E-state index < -0.39 is 0 Å². The third-order valence-corrected chi connectivity index (χ3v) is 4.26. The van der Waals surface area contributed by atoms with Crippen molar-refractivity contribution >= 4 is 23.2 Å². The molecule has 1 aromatic heterocycles. The molecule has 0 unspecified atom stereocenters. The molecule has 1 fully saturated rings. The van der Waals surface area contributed by atoms with Gasteiger partial charge in [-0.2, -0.15) is 0 Å². The van der Waals surface area contributed by atoms with Crippen LogP contribution in [-0.2, 0) is 4.74 Å². The molecule has 1 amide bonds. The Kier molecular flexibility index (Phi) is 6.45. The van der Waals surface area contributed by atoms with E-state index in [0.717, 1.165) is 39.4 Å². The molecule has 8 nitrogen and oxygen atoms in total. The van der Waals surface area contributed by atoms with Crippen molar-refractivity contribution in [2.24, 2.45) is 0 Å². The first-order chi connectivity index (χ1) is 13.1. The molecule has 8 heteroatoms. The van der Waals surface area contributed by atoms with Crippen molar-refractivity contribution in [1.29, 1.82) is 0 Å². The number of Topliss-reactive ketones (excluding diaryl/α,β-unsaturated/α-hetero) is 1. The Morgan fingerprint density at radius 1 is 1.19 bits per heavy atom. The van der Waals surface area contributed by atoms with Gasteiger partial charge in [-0.05, 0) is 19.1 Å². The molecule has 27 heavy (non-hydrogen) atoms. The van der Waals surface area contributed by atoms with Crippen molar-refractivity contribution in [3.8, 4) is 0 Å². The van der Waals surface area contributed by atoms with E-state index in [4.69, 9.17) is 4.74 Å². The van der Waals surface area contributed by atoms with Gasteiger partial charge < -0.3 is 15.4 Å². The molecule has 0 spiro atoms. The van der Waals surface area contributed by atoms with Gasteiger partial charge >= 0.3 is 0 Å². The second-order valence-electron chi connectivity index (χ2n) is 6.26. The quantitative estimate of drug-likeness (QED) is 0.717. The Balaban J connectivity index is 1.56. The second kappa shape index (κ2) is 9.20. The van der Waals surface area contributed by atoms with Crippen molar-refractivity contribution < 1.29 is 14.3 Å². The molecule has 2 aromatic rings. The first-order valence-electron chi connectivity index (χ1n) is 8.90. The van der Waals surface area contributed by atoms with E-state index in [9.17, 15) is 9.59 Å². The lowest BCUT2D eigenvalue weighted by Gasteiger charge is -2.26. The summed E-state index contributed by atoms with van der Waals surface area (Å²) in [6.45, 7) is 6.48. The van der Waals surface area contributed by atoms with Crippen LogP contribution in [-0.4, -0.2) is 66.0 Å². The highest BCUT2D eigenvalue weighted by Gasteiger charge is 2.12. The number of hydrogen-bond donors (Lipinski definition) is 2. The smallest absolute Gasteiger partial charge is 0.274 e. The topological polar surface area (TPSA) is 96.5 Å². The number of anilines is 2. The summed E-state index contributed by atoms with van der Waals surface area (Å²) < 4.78 is 5.33. The van der Waals surface area contributed by atoms with Crippen LogP contribution in [0, 0.1) is 0 Å². The van der Waals surface area contributed by atoms with Crippen molar-refractivity contribution in [3.63, 3.8) is 0 Å². The van der Waals surface area contributed by atoms with Gasteiger partial charge in [-0.15, -0.1) is 0 Å². The Bertz CT molecular complexity index is 805. The van der Waals surface area contributed by atoms with Crippen molar-refractivity contribution in [2.45, 2.75) is 6.92 Å². The highest BCUT2D eigenvalue weighted by Crippen LogP contribution is 2.13. The highest BCUT2D eigenvalue weighted by molar-refractivity contribution is 6.04. The summed E-state index contributed by atoms with van der Waals surface area (Å²) in [5.74, 6) is 0.190. The van der Waals surface area contributed by atoms with E-state index in [-0.39, 0.29) is 17.4 Å². The molecule has 2 N–H and O–H groups in total. The standard InChI is InChI=1S/C19H23N5O3/c1-14(25)15-3-2-4-16(11-15)23-19(26)17-12-18(22-13-21-17)20-5-6-24-7-9-27-10-8-24/h2-4,11-13H,5-10H2,1H3,(H,23,26)(H,20,21,22). The van der Waals surface area contributed by atoms with Crippen LogP contribution < -0.4 is 10.6 Å². The maximum absolute atomic E-state index is 12.4. The number of nitrogens with zero attached hydrogens (tertiary/aromatic N) is 3. The van der Waals surface area contributed by atoms with Crippen LogP contribution in [0.3, 0.4) is 0 Å². The third-order valence-electron chi connectivity index (χ3n) is 4.26. The SMILES string of the molecule is CC(=O)c1cccc(NC(=O)c2cc(NCCN3CCOCC3)ncn2)c1. The summed E-state index contributed by atoms with van der Waals surface area (Å²) in [5, 5.41) is 5.97. The molecule has 0 atom stereocenters. The minimum atomic E-state index is -0.352. The number of benzene rings is 1. The van der Waals surface area contributed by atoms with Crippen LogP contribution in [0.4, 0.5) is 11.5 Å². The number of ketones is 1. The zero-order valence-corrected chi connectivity index (χ0v) is 15.3. The fourth-order valence-corrected chi connectivity index (χ4v) is 2.76. The number of rotatable bonds is 7. The lowest BCUT2D eigenvalue weighted by molar-refractivity contribution is 0.0398. The molecule has 0 saturated carbocycles. The summed E-state index contributed by atoms with van der Waals surface area (Å²) in [5.41, 5.74) is 1.35. The average Bonchev–Trinajstić information content (AvgIpc) is 2.69. The number of hydrogen-bond acceptors (Lipinski definition) is 7. The maximum atomic E-state index is 12.4. The van der Waals surface area contributed by atoms with E-state index in [1.54, 1.807) is 30.3 Å². The highest BCUT2D eigenvalue weighted by atomic mass is 16.5. The Morgan fingerprint density at radius 3 is 2.78 bits per heavy atom. The Morgan fingerprint density at radius 2 is 2.00 bits per heavy atom. The molecule has 1 aliphatic rings. The fraction of sp³-hybridized carbons (Fsp3) is 0.368. The van der Waals surface area contributed by atoms with E-state index in [0.29, 0.717) is 17.1 Å². The van der Waals surface area contributed by atoms with Crippen LogP contribution >= 0.6 is 0 Å². The number of morpholine rings is 1. The van der Waals surface area contributed by atoms with Gasteiger partial charge in [-0.25, -0.2) is 9.97 Å². The number of carbonyl (C=O) groups excluding carboxylic acids is 2. The van der Waals surface area contributed by atoms with Gasteiger partial charge in [-0.1, -0.05) is 12.1 Å². The normalized spacial score (nSPS) is 14.6. The summed E-state index contributed by atoms with van der Waals surface area (Å²) in [4.78, 5) is 34.4. The van der Waals surface area contributed by atoms with Crippen molar-refractivity contribution in [1.82, 2.24) is 14.9 Å². The molecule has 0 aliphatic carbocycles. The predicted molar refractivity (Wildman–Crippen MR) is 102 cm³/mol. The lowest BCUT2D eigenvalue weighted by atomic mass is 10.1. The molecule has 3 rings (SSSR count). The monoisotopic (exact) mass is 369 g/mol.